The highest BCUT2D eigenvalue weighted by atomic mass is 31.0. The van der Waals surface area contributed by atoms with E-state index in [1.165, 1.54) is 0 Å². The summed E-state index contributed by atoms with van der Waals surface area (Å²) in [6, 6.07) is 0. The smallest absolute Gasteiger partial charge is 0.155 e. The van der Waals surface area contributed by atoms with Crippen molar-refractivity contribution in [3.05, 3.63) is 11.4 Å². The van der Waals surface area contributed by atoms with Crippen molar-refractivity contribution in [2.75, 3.05) is 0 Å². The molecule has 0 bridgehead atoms. The fourth-order valence-corrected chi connectivity index (χ4v) is 1.21. The Kier molecular flexibility index (Phi) is 1.80. The summed E-state index contributed by atoms with van der Waals surface area (Å²) in [7, 11) is 2.57. The molecule has 1 rings (SSSR count). The third-order valence-electron chi connectivity index (χ3n) is 1.24. The normalized spacial score (nSPS) is 20.6. The van der Waals surface area contributed by atoms with Crippen LogP contribution >= 0.6 is 9.24 Å². The summed E-state index contributed by atoms with van der Waals surface area (Å²) < 4.78 is 0. The minimum Gasteiger partial charge on any atom is -0.295 e. The van der Waals surface area contributed by atoms with Crippen molar-refractivity contribution >= 4 is 15.0 Å². The Hall–Kier alpha value is -0.160. The Morgan fingerprint density at radius 2 is 2.25 bits per heavy atom. The summed E-state index contributed by atoms with van der Waals surface area (Å²) in [5, 5.41) is 1.15. The lowest BCUT2D eigenvalue weighted by molar-refractivity contribution is -0.114. The molecule has 0 aromatic carbocycles. The number of carbonyl (C=O) groups is 1. The quantitative estimate of drug-likeness (QED) is 0.452. The molecule has 1 atom stereocenters. The Bertz CT molecular complexity index is 137. The number of allylic oxidation sites excluding steroid dienone is 2. The second kappa shape index (κ2) is 2.41. The molecule has 2 heteroatoms. The van der Waals surface area contributed by atoms with Crippen LogP contribution in [0.1, 0.15) is 19.3 Å². The Morgan fingerprint density at radius 3 is 2.62 bits per heavy atom. The van der Waals surface area contributed by atoms with Crippen LogP contribution < -0.4 is 0 Å². The molecule has 8 heavy (non-hydrogen) atoms. The van der Waals surface area contributed by atoms with Gasteiger partial charge in [0.2, 0.25) is 0 Å². The van der Waals surface area contributed by atoms with Gasteiger partial charge in [-0.25, -0.2) is 0 Å². The van der Waals surface area contributed by atoms with Crippen LogP contribution in [0.2, 0.25) is 0 Å². The van der Waals surface area contributed by atoms with Gasteiger partial charge in [-0.3, -0.25) is 4.79 Å². The lowest BCUT2D eigenvalue weighted by Crippen LogP contribution is -1.98. The summed E-state index contributed by atoms with van der Waals surface area (Å²) in [5.74, 6) is 0.279. The van der Waals surface area contributed by atoms with Gasteiger partial charge in [-0.15, -0.1) is 9.24 Å². The molecule has 1 aliphatic carbocycles. The lowest BCUT2D eigenvalue weighted by Gasteiger charge is -2.04. The predicted molar refractivity (Wildman–Crippen MR) is 36.7 cm³/mol. The summed E-state index contributed by atoms with van der Waals surface area (Å²) >= 11 is 0. The van der Waals surface area contributed by atoms with Gasteiger partial charge in [0.25, 0.3) is 0 Å². The zero-order valence-corrected chi connectivity index (χ0v) is 5.84. The van der Waals surface area contributed by atoms with Crippen molar-refractivity contribution in [3.63, 3.8) is 0 Å². The number of carbonyl (C=O) groups excluding carboxylic acids is 1. The van der Waals surface area contributed by atoms with E-state index in [0.717, 1.165) is 24.6 Å². The van der Waals surface area contributed by atoms with Crippen LogP contribution in [0.15, 0.2) is 11.4 Å². The van der Waals surface area contributed by atoms with E-state index in [1.807, 2.05) is 0 Å². The molecule has 0 N–H and O–H groups in total. The van der Waals surface area contributed by atoms with Crippen LogP contribution in [0.3, 0.4) is 0 Å². The third-order valence-corrected chi connectivity index (χ3v) is 1.69. The summed E-state index contributed by atoms with van der Waals surface area (Å²) in [4.78, 5) is 10.6. The largest absolute Gasteiger partial charge is 0.295 e. The number of hydrogen-bond acceptors (Lipinski definition) is 1. The molecule has 0 radical (unpaired) electrons. The molecule has 0 heterocycles. The average molecular weight is 128 g/mol. The number of rotatable bonds is 0. The van der Waals surface area contributed by atoms with E-state index in [2.05, 4.69) is 9.24 Å². The minimum atomic E-state index is 0.279. The van der Waals surface area contributed by atoms with Gasteiger partial charge in [0.05, 0.1) is 0 Å². The Labute approximate surface area is 51.4 Å². The van der Waals surface area contributed by atoms with Crippen molar-refractivity contribution in [1.29, 1.82) is 0 Å². The molecule has 0 spiro atoms. The average Bonchev–Trinajstić information content (AvgIpc) is 1.64. The fraction of sp³-hybridized carbons (Fsp3) is 0.500. The van der Waals surface area contributed by atoms with Gasteiger partial charge >= 0.3 is 0 Å². The van der Waals surface area contributed by atoms with E-state index in [9.17, 15) is 4.79 Å². The van der Waals surface area contributed by atoms with Crippen LogP contribution in [0, 0.1) is 0 Å². The van der Waals surface area contributed by atoms with E-state index < -0.39 is 0 Å². The third kappa shape index (κ3) is 1.41. The SMILES string of the molecule is O=C1C=C(P)CCC1. The molecule has 0 fully saturated rings. The maximum atomic E-state index is 10.6. The first-order chi connectivity index (χ1) is 3.79. The molecular weight excluding hydrogens is 119 g/mol. The van der Waals surface area contributed by atoms with E-state index in [1.54, 1.807) is 6.08 Å². The molecule has 0 aromatic heterocycles. The molecule has 0 saturated heterocycles. The van der Waals surface area contributed by atoms with Gasteiger partial charge in [-0.1, -0.05) is 0 Å². The molecular formula is C6H9OP. The molecule has 44 valence electrons. The van der Waals surface area contributed by atoms with Gasteiger partial charge in [0.1, 0.15) is 0 Å². The molecule has 0 saturated carbocycles. The number of hydrogen-bond donors (Lipinski definition) is 0. The summed E-state index contributed by atoms with van der Waals surface area (Å²) in [6.45, 7) is 0. The predicted octanol–water partition coefficient (Wildman–Crippen LogP) is 1.50. The van der Waals surface area contributed by atoms with Gasteiger partial charge in [0, 0.05) is 6.42 Å². The van der Waals surface area contributed by atoms with Crippen LogP contribution in [0.4, 0.5) is 0 Å². The van der Waals surface area contributed by atoms with Gasteiger partial charge in [-0.05, 0) is 24.2 Å². The maximum Gasteiger partial charge on any atom is 0.155 e. The first-order valence-corrected chi connectivity index (χ1v) is 3.35. The van der Waals surface area contributed by atoms with Crippen LogP contribution in [0.5, 0.6) is 0 Å². The minimum absolute atomic E-state index is 0.279. The molecule has 0 amide bonds. The van der Waals surface area contributed by atoms with Crippen LogP contribution in [0.25, 0.3) is 0 Å². The van der Waals surface area contributed by atoms with Crippen molar-refractivity contribution in [1.82, 2.24) is 0 Å². The standard InChI is InChI=1S/C6H9OP/c7-5-2-1-3-6(8)4-5/h4H,1-3,8H2. The van der Waals surface area contributed by atoms with E-state index in [4.69, 9.17) is 0 Å². The van der Waals surface area contributed by atoms with Crippen LogP contribution in [-0.2, 0) is 4.79 Å². The first-order valence-electron chi connectivity index (χ1n) is 2.78. The number of ketones is 1. The lowest BCUT2D eigenvalue weighted by atomic mass is 10.1. The zero-order chi connectivity index (χ0) is 5.98. The monoisotopic (exact) mass is 128 g/mol. The highest BCUT2D eigenvalue weighted by Crippen LogP contribution is 2.19. The van der Waals surface area contributed by atoms with Crippen molar-refractivity contribution in [3.8, 4) is 0 Å². The maximum absolute atomic E-state index is 10.6. The Balaban J connectivity index is 2.64. The van der Waals surface area contributed by atoms with Gasteiger partial charge < -0.3 is 0 Å². The molecule has 0 aromatic rings. The first kappa shape index (κ1) is 5.97. The fourth-order valence-electron chi connectivity index (χ4n) is 0.818. The summed E-state index contributed by atoms with van der Waals surface area (Å²) in [5.41, 5.74) is 0. The molecule has 0 aliphatic heterocycles. The zero-order valence-electron chi connectivity index (χ0n) is 4.68. The molecule has 1 aliphatic rings. The van der Waals surface area contributed by atoms with E-state index >= 15 is 0 Å². The highest BCUT2D eigenvalue weighted by molar-refractivity contribution is 7.22. The Morgan fingerprint density at radius 1 is 1.50 bits per heavy atom. The van der Waals surface area contributed by atoms with Crippen molar-refractivity contribution < 1.29 is 4.79 Å². The van der Waals surface area contributed by atoms with E-state index in [-0.39, 0.29) is 5.78 Å². The highest BCUT2D eigenvalue weighted by Gasteiger charge is 2.04. The van der Waals surface area contributed by atoms with Crippen LogP contribution in [-0.4, -0.2) is 5.78 Å². The van der Waals surface area contributed by atoms with E-state index in [0.29, 0.717) is 0 Å². The van der Waals surface area contributed by atoms with Gasteiger partial charge in [0.15, 0.2) is 5.78 Å². The summed E-state index contributed by atoms with van der Waals surface area (Å²) in [6.07, 6.45) is 4.58. The second-order valence-corrected chi connectivity index (χ2v) is 2.78. The second-order valence-electron chi connectivity index (χ2n) is 2.04. The van der Waals surface area contributed by atoms with Gasteiger partial charge in [-0.2, -0.15) is 0 Å². The molecule has 1 unspecified atom stereocenters. The van der Waals surface area contributed by atoms with Crippen molar-refractivity contribution in [2.45, 2.75) is 19.3 Å². The van der Waals surface area contributed by atoms with Crippen molar-refractivity contribution in [2.24, 2.45) is 0 Å². The topological polar surface area (TPSA) is 17.1 Å². The molecule has 1 nitrogen and oxygen atoms in total.